The SMILES string of the molecule is NC(CC(O)c1ccccc1Br)C(=O)O. The van der Waals surface area contributed by atoms with Crippen molar-refractivity contribution in [1.82, 2.24) is 0 Å². The van der Waals surface area contributed by atoms with E-state index in [0.717, 1.165) is 4.47 Å². The number of nitrogens with two attached hydrogens (primary N) is 1. The van der Waals surface area contributed by atoms with E-state index in [1.807, 2.05) is 6.07 Å². The van der Waals surface area contributed by atoms with Crippen LogP contribution in [0.15, 0.2) is 28.7 Å². The zero-order valence-corrected chi connectivity index (χ0v) is 9.52. The minimum absolute atomic E-state index is 0.00204. The smallest absolute Gasteiger partial charge is 0.320 e. The lowest BCUT2D eigenvalue weighted by Gasteiger charge is -2.14. The van der Waals surface area contributed by atoms with E-state index in [0.29, 0.717) is 5.56 Å². The Labute approximate surface area is 95.8 Å². The van der Waals surface area contributed by atoms with Crippen LogP contribution >= 0.6 is 15.9 Å². The minimum Gasteiger partial charge on any atom is -0.480 e. The average Bonchev–Trinajstić information content (AvgIpc) is 2.18. The summed E-state index contributed by atoms with van der Waals surface area (Å²) in [6.45, 7) is 0. The molecule has 4 nitrogen and oxygen atoms in total. The van der Waals surface area contributed by atoms with Gasteiger partial charge in [-0.25, -0.2) is 0 Å². The van der Waals surface area contributed by atoms with Crippen LogP contribution in [0.1, 0.15) is 18.1 Å². The fraction of sp³-hybridized carbons (Fsp3) is 0.300. The average molecular weight is 274 g/mol. The summed E-state index contributed by atoms with van der Waals surface area (Å²) in [5, 5.41) is 18.3. The Balaban J connectivity index is 2.73. The standard InChI is InChI=1S/C10H12BrNO3/c11-7-4-2-1-3-6(7)9(13)5-8(12)10(14)15/h1-4,8-9,13H,5,12H2,(H,14,15). The number of hydrogen-bond donors (Lipinski definition) is 3. The van der Waals surface area contributed by atoms with Crippen molar-refractivity contribution in [3.05, 3.63) is 34.3 Å². The number of carboxylic acid groups (broad SMARTS) is 1. The van der Waals surface area contributed by atoms with Crippen LogP contribution in [-0.4, -0.2) is 22.2 Å². The second-order valence-corrected chi connectivity index (χ2v) is 4.07. The van der Waals surface area contributed by atoms with Gasteiger partial charge in [-0.15, -0.1) is 0 Å². The minimum atomic E-state index is -1.11. The molecule has 0 aliphatic rings. The number of aliphatic hydroxyl groups is 1. The summed E-state index contributed by atoms with van der Waals surface area (Å²) >= 11 is 3.28. The molecule has 0 saturated heterocycles. The maximum atomic E-state index is 10.5. The van der Waals surface area contributed by atoms with E-state index in [-0.39, 0.29) is 6.42 Å². The molecule has 5 heteroatoms. The van der Waals surface area contributed by atoms with Crippen LogP contribution in [-0.2, 0) is 4.79 Å². The van der Waals surface area contributed by atoms with Crippen LogP contribution in [0.3, 0.4) is 0 Å². The molecule has 0 fully saturated rings. The Morgan fingerprint density at radius 3 is 2.60 bits per heavy atom. The first-order valence-electron chi connectivity index (χ1n) is 4.43. The van der Waals surface area contributed by atoms with Gasteiger partial charge in [-0.05, 0) is 11.6 Å². The monoisotopic (exact) mass is 273 g/mol. The number of aliphatic carboxylic acids is 1. The van der Waals surface area contributed by atoms with Gasteiger partial charge in [0.15, 0.2) is 0 Å². The van der Waals surface area contributed by atoms with Crippen LogP contribution in [0.25, 0.3) is 0 Å². The summed E-state index contributed by atoms with van der Waals surface area (Å²) in [7, 11) is 0. The van der Waals surface area contributed by atoms with Gasteiger partial charge in [0.25, 0.3) is 0 Å². The summed E-state index contributed by atoms with van der Waals surface area (Å²) < 4.78 is 0.745. The number of halogens is 1. The molecule has 0 bridgehead atoms. The van der Waals surface area contributed by atoms with Crippen molar-refractivity contribution in [2.45, 2.75) is 18.6 Å². The van der Waals surface area contributed by atoms with Crippen molar-refractivity contribution in [2.24, 2.45) is 5.73 Å². The Bertz CT molecular complexity index is 356. The van der Waals surface area contributed by atoms with Crippen molar-refractivity contribution in [3.8, 4) is 0 Å². The molecular formula is C10H12BrNO3. The van der Waals surface area contributed by atoms with Crippen LogP contribution in [0.2, 0.25) is 0 Å². The highest BCUT2D eigenvalue weighted by Crippen LogP contribution is 2.25. The number of benzene rings is 1. The third-order valence-electron chi connectivity index (χ3n) is 2.06. The first-order valence-corrected chi connectivity index (χ1v) is 5.22. The Kier molecular flexibility index (Phi) is 4.26. The zero-order valence-electron chi connectivity index (χ0n) is 7.93. The van der Waals surface area contributed by atoms with E-state index in [1.165, 1.54) is 0 Å². The number of hydrogen-bond acceptors (Lipinski definition) is 3. The van der Waals surface area contributed by atoms with Gasteiger partial charge in [0.2, 0.25) is 0 Å². The highest BCUT2D eigenvalue weighted by Gasteiger charge is 2.19. The van der Waals surface area contributed by atoms with Gasteiger partial charge in [-0.3, -0.25) is 4.79 Å². The fourth-order valence-electron chi connectivity index (χ4n) is 1.21. The van der Waals surface area contributed by atoms with E-state index in [9.17, 15) is 9.90 Å². The van der Waals surface area contributed by atoms with E-state index >= 15 is 0 Å². The zero-order chi connectivity index (χ0) is 11.4. The topological polar surface area (TPSA) is 83.5 Å². The summed E-state index contributed by atoms with van der Waals surface area (Å²) in [4.78, 5) is 10.5. The molecule has 1 rings (SSSR count). The van der Waals surface area contributed by atoms with Crippen LogP contribution in [0.5, 0.6) is 0 Å². The highest BCUT2D eigenvalue weighted by molar-refractivity contribution is 9.10. The van der Waals surface area contributed by atoms with E-state index in [2.05, 4.69) is 15.9 Å². The molecule has 15 heavy (non-hydrogen) atoms. The second-order valence-electron chi connectivity index (χ2n) is 3.22. The molecule has 0 saturated carbocycles. The molecule has 0 aliphatic carbocycles. The third-order valence-corrected chi connectivity index (χ3v) is 2.78. The lowest BCUT2D eigenvalue weighted by Crippen LogP contribution is -2.31. The Hall–Kier alpha value is -0.910. The quantitative estimate of drug-likeness (QED) is 0.772. The van der Waals surface area contributed by atoms with Crippen LogP contribution < -0.4 is 5.73 Å². The van der Waals surface area contributed by atoms with Gasteiger partial charge < -0.3 is 15.9 Å². The Morgan fingerprint density at radius 2 is 2.07 bits per heavy atom. The van der Waals surface area contributed by atoms with Gasteiger partial charge in [0.1, 0.15) is 6.04 Å². The van der Waals surface area contributed by atoms with Crippen molar-refractivity contribution in [3.63, 3.8) is 0 Å². The van der Waals surface area contributed by atoms with Crippen molar-refractivity contribution < 1.29 is 15.0 Å². The Morgan fingerprint density at radius 1 is 1.47 bits per heavy atom. The van der Waals surface area contributed by atoms with Gasteiger partial charge in [-0.2, -0.15) is 0 Å². The second kappa shape index (κ2) is 5.25. The maximum Gasteiger partial charge on any atom is 0.320 e. The van der Waals surface area contributed by atoms with Gasteiger partial charge in [-0.1, -0.05) is 34.1 Å². The predicted molar refractivity (Wildman–Crippen MR) is 59.3 cm³/mol. The van der Waals surface area contributed by atoms with Gasteiger partial charge in [0.05, 0.1) is 6.10 Å². The fourth-order valence-corrected chi connectivity index (χ4v) is 1.76. The number of carbonyl (C=O) groups is 1. The number of aliphatic hydroxyl groups excluding tert-OH is 1. The molecule has 2 unspecified atom stereocenters. The molecule has 82 valence electrons. The van der Waals surface area contributed by atoms with E-state index < -0.39 is 18.1 Å². The largest absolute Gasteiger partial charge is 0.480 e. The normalized spacial score (nSPS) is 14.6. The molecule has 4 N–H and O–H groups in total. The summed E-state index contributed by atoms with van der Waals surface area (Å²) in [5.74, 6) is -1.11. The molecule has 1 aromatic rings. The lowest BCUT2D eigenvalue weighted by molar-refractivity contribution is -0.139. The van der Waals surface area contributed by atoms with Crippen molar-refractivity contribution in [2.75, 3.05) is 0 Å². The molecule has 0 radical (unpaired) electrons. The molecule has 0 heterocycles. The maximum absolute atomic E-state index is 10.5. The third kappa shape index (κ3) is 3.30. The van der Waals surface area contributed by atoms with Gasteiger partial charge >= 0.3 is 5.97 Å². The van der Waals surface area contributed by atoms with E-state index in [4.69, 9.17) is 10.8 Å². The molecular weight excluding hydrogens is 262 g/mol. The number of carboxylic acids is 1. The van der Waals surface area contributed by atoms with E-state index in [1.54, 1.807) is 18.2 Å². The first kappa shape index (κ1) is 12.2. The number of rotatable bonds is 4. The van der Waals surface area contributed by atoms with Crippen molar-refractivity contribution in [1.29, 1.82) is 0 Å². The molecule has 0 spiro atoms. The first-order chi connectivity index (χ1) is 7.02. The molecule has 0 amide bonds. The van der Waals surface area contributed by atoms with Crippen LogP contribution in [0, 0.1) is 0 Å². The molecule has 1 aromatic carbocycles. The lowest BCUT2D eigenvalue weighted by atomic mass is 10.0. The predicted octanol–water partition coefficient (Wildman–Crippen LogP) is 1.28. The summed E-state index contributed by atoms with van der Waals surface area (Å²) in [6, 6.07) is 6.05. The summed E-state index contributed by atoms with van der Waals surface area (Å²) in [5.41, 5.74) is 5.98. The molecule has 0 aromatic heterocycles. The summed E-state index contributed by atoms with van der Waals surface area (Å²) in [6.07, 6.45) is -0.871. The van der Waals surface area contributed by atoms with Crippen molar-refractivity contribution >= 4 is 21.9 Å². The highest BCUT2D eigenvalue weighted by atomic mass is 79.9. The molecule has 2 atom stereocenters. The van der Waals surface area contributed by atoms with Crippen LogP contribution in [0.4, 0.5) is 0 Å². The molecule has 0 aliphatic heterocycles. The van der Waals surface area contributed by atoms with Gasteiger partial charge in [0, 0.05) is 10.9 Å².